The van der Waals surface area contributed by atoms with E-state index in [9.17, 15) is 0 Å². The van der Waals surface area contributed by atoms with E-state index >= 15 is 0 Å². The number of nitrogens with one attached hydrogen (secondary N) is 2. The van der Waals surface area contributed by atoms with Crippen LogP contribution < -0.4 is 10.6 Å². The summed E-state index contributed by atoms with van der Waals surface area (Å²) < 4.78 is 0. The van der Waals surface area contributed by atoms with E-state index in [4.69, 9.17) is 0 Å². The molecule has 2 heterocycles. The predicted molar refractivity (Wildman–Crippen MR) is 116 cm³/mol. The summed E-state index contributed by atoms with van der Waals surface area (Å²) in [5.41, 5.74) is 1.29. The Hall–Kier alpha value is -0.450. The summed E-state index contributed by atoms with van der Waals surface area (Å²) in [6, 6.07) is 1.81. The van der Waals surface area contributed by atoms with Crippen LogP contribution in [0.2, 0.25) is 0 Å². The standard InChI is InChI=1S/C22H39N3S/c1-18-8-6-10-20(23-18)16-25(17-21-11-7-9-19(2)24-21)14-15-26-22-12-4-3-5-13-22/h6,8,10,19-24H,3-5,7,9,11-17H2,1-2H3. The zero-order chi connectivity index (χ0) is 18.2. The highest BCUT2D eigenvalue weighted by Gasteiger charge is 2.22. The van der Waals surface area contributed by atoms with E-state index in [0.29, 0.717) is 18.1 Å². The second-order valence-corrected chi connectivity index (χ2v) is 9.98. The van der Waals surface area contributed by atoms with Crippen molar-refractivity contribution in [3.05, 3.63) is 23.9 Å². The number of dihydropyridines is 1. The molecule has 0 spiro atoms. The molecule has 0 aromatic rings. The van der Waals surface area contributed by atoms with Crippen LogP contribution in [0, 0.1) is 0 Å². The zero-order valence-corrected chi connectivity index (χ0v) is 17.7. The molecule has 26 heavy (non-hydrogen) atoms. The maximum Gasteiger partial charge on any atom is 0.0571 e. The average Bonchev–Trinajstić information content (AvgIpc) is 2.62. The van der Waals surface area contributed by atoms with Crippen LogP contribution in [0.5, 0.6) is 0 Å². The third-order valence-electron chi connectivity index (χ3n) is 6.06. The topological polar surface area (TPSA) is 27.3 Å². The molecule has 148 valence electrons. The van der Waals surface area contributed by atoms with Gasteiger partial charge in [-0.2, -0.15) is 11.8 Å². The Morgan fingerprint density at radius 1 is 1.08 bits per heavy atom. The van der Waals surface area contributed by atoms with Crippen molar-refractivity contribution in [1.82, 2.24) is 15.5 Å². The lowest BCUT2D eigenvalue weighted by Gasteiger charge is -2.35. The number of rotatable bonds is 8. The van der Waals surface area contributed by atoms with Gasteiger partial charge >= 0.3 is 0 Å². The van der Waals surface area contributed by atoms with Crippen LogP contribution in [0.25, 0.3) is 0 Å². The highest BCUT2D eigenvalue weighted by Crippen LogP contribution is 2.28. The molecule has 3 atom stereocenters. The lowest BCUT2D eigenvalue weighted by atomic mass is 9.99. The van der Waals surface area contributed by atoms with Crippen molar-refractivity contribution in [3.8, 4) is 0 Å². The van der Waals surface area contributed by atoms with E-state index in [0.717, 1.165) is 11.8 Å². The minimum atomic E-state index is 0.459. The molecule has 0 amide bonds. The largest absolute Gasteiger partial charge is 0.381 e. The summed E-state index contributed by atoms with van der Waals surface area (Å²) in [6.45, 7) is 8.06. The first kappa shape index (κ1) is 20.3. The van der Waals surface area contributed by atoms with Gasteiger partial charge in [0.05, 0.1) is 6.04 Å². The third-order valence-corrected chi connectivity index (χ3v) is 7.42. The van der Waals surface area contributed by atoms with Gasteiger partial charge in [0.1, 0.15) is 0 Å². The van der Waals surface area contributed by atoms with Crippen molar-refractivity contribution in [2.24, 2.45) is 0 Å². The minimum absolute atomic E-state index is 0.459. The van der Waals surface area contributed by atoms with Crippen LogP contribution in [0.1, 0.15) is 65.2 Å². The second-order valence-electron chi connectivity index (χ2n) is 8.57. The fraction of sp³-hybridized carbons (Fsp3) is 0.818. The fourth-order valence-electron chi connectivity index (χ4n) is 4.64. The van der Waals surface area contributed by atoms with Crippen LogP contribution in [-0.4, -0.2) is 53.7 Å². The Labute approximate surface area is 165 Å². The first-order chi connectivity index (χ1) is 12.7. The second kappa shape index (κ2) is 10.8. The zero-order valence-electron chi connectivity index (χ0n) is 16.9. The Morgan fingerprint density at radius 3 is 2.69 bits per heavy atom. The summed E-state index contributed by atoms with van der Waals surface area (Å²) in [4.78, 5) is 2.71. The van der Waals surface area contributed by atoms with E-state index < -0.39 is 0 Å². The molecule has 2 aliphatic heterocycles. The molecular weight excluding hydrogens is 338 g/mol. The molecule has 2 N–H and O–H groups in total. The Balaban J connectivity index is 1.48. The van der Waals surface area contributed by atoms with Crippen molar-refractivity contribution < 1.29 is 0 Å². The molecule has 3 rings (SSSR count). The van der Waals surface area contributed by atoms with Crippen LogP contribution in [0.4, 0.5) is 0 Å². The first-order valence-electron chi connectivity index (χ1n) is 10.9. The van der Waals surface area contributed by atoms with Gasteiger partial charge in [-0.1, -0.05) is 37.8 Å². The molecule has 0 bridgehead atoms. The Kier molecular flexibility index (Phi) is 8.41. The van der Waals surface area contributed by atoms with Gasteiger partial charge in [0, 0.05) is 48.4 Å². The maximum absolute atomic E-state index is 3.83. The normalized spacial score (nSPS) is 30.3. The van der Waals surface area contributed by atoms with Gasteiger partial charge in [-0.15, -0.1) is 0 Å². The third kappa shape index (κ3) is 6.94. The number of thioether (sulfide) groups is 1. The fourth-order valence-corrected chi connectivity index (χ4v) is 6.00. The van der Waals surface area contributed by atoms with Gasteiger partial charge in [-0.25, -0.2) is 0 Å². The van der Waals surface area contributed by atoms with Gasteiger partial charge in [0.2, 0.25) is 0 Å². The molecule has 3 unspecified atom stereocenters. The van der Waals surface area contributed by atoms with E-state index in [1.54, 1.807) is 0 Å². The molecule has 1 saturated heterocycles. The summed E-state index contributed by atoms with van der Waals surface area (Å²) in [7, 11) is 0. The Morgan fingerprint density at radius 2 is 1.92 bits per heavy atom. The summed E-state index contributed by atoms with van der Waals surface area (Å²) in [5, 5.41) is 8.40. The highest BCUT2D eigenvalue weighted by molar-refractivity contribution is 7.99. The summed E-state index contributed by atoms with van der Waals surface area (Å²) >= 11 is 2.24. The molecule has 3 nitrogen and oxygen atoms in total. The molecule has 2 fully saturated rings. The average molecular weight is 378 g/mol. The van der Waals surface area contributed by atoms with Gasteiger partial charge in [0.15, 0.2) is 0 Å². The van der Waals surface area contributed by atoms with Crippen LogP contribution >= 0.6 is 11.8 Å². The molecule has 0 aromatic heterocycles. The molecular formula is C22H39N3S. The summed E-state index contributed by atoms with van der Waals surface area (Å²) in [5.74, 6) is 1.29. The molecule has 1 saturated carbocycles. The number of piperidine rings is 1. The van der Waals surface area contributed by atoms with Crippen molar-refractivity contribution in [1.29, 1.82) is 0 Å². The highest BCUT2D eigenvalue weighted by atomic mass is 32.2. The molecule has 4 heteroatoms. The van der Waals surface area contributed by atoms with E-state index in [1.807, 2.05) is 0 Å². The quantitative estimate of drug-likeness (QED) is 0.659. The van der Waals surface area contributed by atoms with Gasteiger partial charge in [-0.3, -0.25) is 4.90 Å². The van der Waals surface area contributed by atoms with Crippen LogP contribution in [0.15, 0.2) is 23.9 Å². The summed E-state index contributed by atoms with van der Waals surface area (Å²) in [6.07, 6.45) is 18.0. The van der Waals surface area contributed by atoms with Gasteiger partial charge < -0.3 is 10.6 Å². The van der Waals surface area contributed by atoms with Gasteiger partial charge in [0.25, 0.3) is 0 Å². The van der Waals surface area contributed by atoms with E-state index in [-0.39, 0.29) is 0 Å². The van der Waals surface area contributed by atoms with Crippen molar-refractivity contribution in [2.45, 2.75) is 88.6 Å². The number of hydrogen-bond donors (Lipinski definition) is 2. The molecule has 0 aromatic carbocycles. The van der Waals surface area contributed by atoms with Crippen molar-refractivity contribution in [3.63, 3.8) is 0 Å². The monoisotopic (exact) mass is 377 g/mol. The lowest BCUT2D eigenvalue weighted by Crippen LogP contribution is -2.50. The van der Waals surface area contributed by atoms with Crippen LogP contribution in [0.3, 0.4) is 0 Å². The van der Waals surface area contributed by atoms with Gasteiger partial charge in [-0.05, 0) is 45.6 Å². The lowest BCUT2D eigenvalue weighted by molar-refractivity contribution is 0.210. The van der Waals surface area contributed by atoms with Crippen LogP contribution in [-0.2, 0) is 0 Å². The maximum atomic E-state index is 3.83. The molecule has 3 aliphatic rings. The Bertz CT molecular complexity index is 470. The molecule has 1 aliphatic carbocycles. The number of allylic oxidation sites excluding steroid dienone is 3. The predicted octanol–water partition coefficient (Wildman–Crippen LogP) is 4.32. The minimum Gasteiger partial charge on any atom is -0.381 e. The number of hydrogen-bond acceptors (Lipinski definition) is 4. The smallest absolute Gasteiger partial charge is 0.0571 e. The van der Waals surface area contributed by atoms with E-state index in [1.165, 1.54) is 75.9 Å². The number of nitrogens with zero attached hydrogens (tertiary/aromatic N) is 1. The van der Waals surface area contributed by atoms with Crippen molar-refractivity contribution >= 4 is 11.8 Å². The van der Waals surface area contributed by atoms with Crippen molar-refractivity contribution in [2.75, 3.05) is 25.4 Å². The first-order valence-corrected chi connectivity index (χ1v) is 12.0. The van der Waals surface area contributed by atoms with E-state index in [2.05, 4.69) is 59.4 Å². The SMILES string of the molecule is CC1=CC=CC(CN(CCSC2CCCCC2)CC2CCCC(C)N2)N1. The molecule has 0 radical (unpaired) electrons.